The van der Waals surface area contributed by atoms with Crippen molar-refractivity contribution in [2.45, 2.75) is 23.0 Å². The van der Waals surface area contributed by atoms with Crippen molar-refractivity contribution >= 4 is 22.6 Å². The summed E-state index contributed by atoms with van der Waals surface area (Å²) in [4.78, 5) is 4.18. The SMILES string of the molecule is [O-][S+](C(F)F)[C@@]1(C2COC(c3c(F)cccc3F)=N2)C=CC(c2ccccc2)=CC1. The summed E-state index contributed by atoms with van der Waals surface area (Å²) in [5.74, 6) is -5.16. The normalized spacial score (nSPS) is 24.4. The van der Waals surface area contributed by atoms with E-state index < -0.39 is 44.9 Å². The summed E-state index contributed by atoms with van der Waals surface area (Å²) in [6, 6.07) is 11.7. The first-order chi connectivity index (χ1) is 14.4. The van der Waals surface area contributed by atoms with E-state index >= 15 is 0 Å². The van der Waals surface area contributed by atoms with Gasteiger partial charge in [0.05, 0.1) is 0 Å². The lowest BCUT2D eigenvalue weighted by atomic mass is 9.88. The van der Waals surface area contributed by atoms with Crippen LogP contribution < -0.4 is 0 Å². The van der Waals surface area contributed by atoms with Gasteiger partial charge in [-0.1, -0.05) is 48.6 Å². The summed E-state index contributed by atoms with van der Waals surface area (Å²) in [7, 11) is 0. The molecule has 0 saturated carbocycles. The minimum Gasteiger partial charge on any atom is -0.611 e. The zero-order valence-corrected chi connectivity index (χ0v) is 16.4. The maximum Gasteiger partial charge on any atom is 0.398 e. The highest BCUT2D eigenvalue weighted by molar-refractivity contribution is 7.93. The molecule has 2 unspecified atom stereocenters. The van der Waals surface area contributed by atoms with Gasteiger partial charge in [0.25, 0.3) is 0 Å². The Bertz CT molecular complexity index is 1000. The van der Waals surface area contributed by atoms with Gasteiger partial charge in [0.15, 0.2) is 4.75 Å². The molecule has 0 amide bonds. The number of hydrogen-bond donors (Lipinski definition) is 0. The van der Waals surface area contributed by atoms with Crippen LogP contribution in [0.1, 0.15) is 17.5 Å². The molecule has 0 fully saturated rings. The van der Waals surface area contributed by atoms with Crippen molar-refractivity contribution in [2.24, 2.45) is 4.99 Å². The van der Waals surface area contributed by atoms with E-state index in [0.717, 1.165) is 23.3 Å². The van der Waals surface area contributed by atoms with E-state index in [2.05, 4.69) is 4.99 Å². The Morgan fingerprint density at radius 3 is 2.37 bits per heavy atom. The van der Waals surface area contributed by atoms with Crippen LogP contribution in [0.2, 0.25) is 0 Å². The van der Waals surface area contributed by atoms with Crippen molar-refractivity contribution in [3.63, 3.8) is 0 Å². The standard InChI is InChI=1S/C22H17F4NO2S/c23-16-7-4-8-17(24)19(16)20-27-18(13-29-20)22(30(28)21(25)26)11-9-15(10-12-22)14-5-2-1-3-6-14/h1-11,18,21H,12-13H2/t18?,22-,30?/m0/s1. The summed E-state index contributed by atoms with van der Waals surface area (Å²) >= 11 is -2.60. The van der Waals surface area contributed by atoms with Crippen molar-refractivity contribution in [1.29, 1.82) is 0 Å². The van der Waals surface area contributed by atoms with E-state index in [4.69, 9.17) is 4.74 Å². The van der Waals surface area contributed by atoms with E-state index in [1.54, 1.807) is 12.2 Å². The van der Waals surface area contributed by atoms with E-state index in [1.165, 1.54) is 12.1 Å². The Labute approximate surface area is 174 Å². The van der Waals surface area contributed by atoms with Crippen molar-refractivity contribution in [3.8, 4) is 0 Å². The molecule has 3 nitrogen and oxygen atoms in total. The summed E-state index contributed by atoms with van der Waals surface area (Å²) in [6.45, 7) is -0.208. The molecule has 0 aromatic heterocycles. The smallest absolute Gasteiger partial charge is 0.398 e. The van der Waals surface area contributed by atoms with Crippen LogP contribution in [0.5, 0.6) is 0 Å². The van der Waals surface area contributed by atoms with Gasteiger partial charge >= 0.3 is 5.76 Å². The molecule has 2 aliphatic rings. The Kier molecular flexibility index (Phi) is 5.71. The number of rotatable bonds is 5. The number of benzene rings is 2. The van der Waals surface area contributed by atoms with Crippen LogP contribution in [-0.4, -0.2) is 33.6 Å². The third-order valence-electron chi connectivity index (χ3n) is 5.22. The van der Waals surface area contributed by atoms with Crippen LogP contribution >= 0.6 is 0 Å². The van der Waals surface area contributed by atoms with Crippen molar-refractivity contribution in [3.05, 3.63) is 89.5 Å². The van der Waals surface area contributed by atoms with Gasteiger partial charge < -0.3 is 9.29 Å². The predicted octanol–water partition coefficient (Wildman–Crippen LogP) is 4.86. The number of halogens is 4. The molecule has 0 saturated heterocycles. The second kappa shape index (κ2) is 8.28. The number of alkyl halides is 2. The Morgan fingerprint density at radius 2 is 1.77 bits per heavy atom. The molecule has 1 heterocycles. The van der Waals surface area contributed by atoms with Crippen LogP contribution in [0, 0.1) is 11.6 Å². The maximum atomic E-state index is 14.1. The van der Waals surface area contributed by atoms with E-state index in [0.29, 0.717) is 0 Å². The summed E-state index contributed by atoms with van der Waals surface area (Å²) < 4.78 is 71.7. The molecular formula is C22H17F4NO2S. The van der Waals surface area contributed by atoms with Crippen molar-refractivity contribution in [2.75, 3.05) is 6.61 Å². The minimum atomic E-state index is -3.11. The Hall–Kier alpha value is -2.58. The van der Waals surface area contributed by atoms with Crippen LogP contribution in [0.15, 0.2) is 71.8 Å². The zero-order valence-electron chi connectivity index (χ0n) is 15.6. The lowest BCUT2D eigenvalue weighted by Crippen LogP contribution is -2.50. The average Bonchev–Trinajstić information content (AvgIpc) is 3.24. The first kappa shape index (κ1) is 20.7. The van der Waals surface area contributed by atoms with E-state index in [-0.39, 0.29) is 18.9 Å². The second-order valence-corrected chi connectivity index (χ2v) is 8.64. The summed E-state index contributed by atoms with van der Waals surface area (Å²) in [6.07, 6.45) is 4.86. The van der Waals surface area contributed by atoms with Crippen LogP contribution in [0.3, 0.4) is 0 Å². The molecule has 30 heavy (non-hydrogen) atoms. The third-order valence-corrected chi connectivity index (χ3v) is 6.87. The molecule has 2 aromatic carbocycles. The lowest BCUT2D eigenvalue weighted by Gasteiger charge is -2.35. The van der Waals surface area contributed by atoms with Gasteiger partial charge in [-0.25, -0.2) is 13.8 Å². The molecule has 156 valence electrons. The monoisotopic (exact) mass is 435 g/mol. The van der Waals surface area contributed by atoms with Crippen molar-refractivity contribution < 1.29 is 26.9 Å². The summed E-state index contributed by atoms with van der Waals surface area (Å²) in [5.41, 5.74) is 1.24. The number of allylic oxidation sites excluding steroid dienone is 3. The molecular weight excluding hydrogens is 418 g/mol. The number of aliphatic imine (C=N–C) groups is 1. The van der Waals surface area contributed by atoms with Gasteiger partial charge in [0.2, 0.25) is 5.90 Å². The molecule has 0 spiro atoms. The lowest BCUT2D eigenvalue weighted by molar-refractivity contribution is 0.225. The molecule has 0 bridgehead atoms. The highest BCUT2D eigenvalue weighted by Crippen LogP contribution is 2.41. The Balaban J connectivity index is 1.69. The molecule has 0 radical (unpaired) electrons. The maximum absolute atomic E-state index is 14.1. The largest absolute Gasteiger partial charge is 0.611 e. The molecule has 1 aliphatic carbocycles. The van der Waals surface area contributed by atoms with Crippen LogP contribution in [0.4, 0.5) is 17.6 Å². The minimum absolute atomic E-state index is 0.0231. The predicted molar refractivity (Wildman–Crippen MR) is 108 cm³/mol. The molecule has 0 N–H and O–H groups in total. The third kappa shape index (κ3) is 3.65. The zero-order chi connectivity index (χ0) is 21.3. The quantitative estimate of drug-likeness (QED) is 0.497. The fraction of sp³-hybridized carbons (Fsp3) is 0.227. The Morgan fingerprint density at radius 1 is 1.07 bits per heavy atom. The van der Waals surface area contributed by atoms with Crippen LogP contribution in [-0.2, 0) is 15.9 Å². The van der Waals surface area contributed by atoms with Gasteiger partial charge in [-0.15, -0.1) is 0 Å². The number of nitrogens with zero attached hydrogens (tertiary/aromatic N) is 1. The number of ether oxygens (including phenoxy) is 1. The molecule has 3 atom stereocenters. The summed E-state index contributed by atoms with van der Waals surface area (Å²) in [5, 5.41) is 0. The van der Waals surface area contributed by atoms with E-state index in [9.17, 15) is 22.1 Å². The van der Waals surface area contributed by atoms with Gasteiger partial charge in [-0.3, -0.25) is 0 Å². The highest BCUT2D eigenvalue weighted by atomic mass is 32.2. The average molecular weight is 435 g/mol. The van der Waals surface area contributed by atoms with E-state index in [1.807, 2.05) is 30.3 Å². The second-order valence-electron chi connectivity index (χ2n) is 6.93. The van der Waals surface area contributed by atoms with Crippen LogP contribution in [0.25, 0.3) is 5.57 Å². The first-order valence-corrected chi connectivity index (χ1v) is 10.4. The fourth-order valence-electron chi connectivity index (χ4n) is 3.64. The number of hydrogen-bond acceptors (Lipinski definition) is 3. The topological polar surface area (TPSA) is 44.6 Å². The van der Waals surface area contributed by atoms with Gasteiger partial charge in [0, 0.05) is 17.6 Å². The highest BCUT2D eigenvalue weighted by Gasteiger charge is 2.54. The van der Waals surface area contributed by atoms with Gasteiger partial charge in [-0.05, 0) is 29.3 Å². The van der Waals surface area contributed by atoms with Gasteiger partial charge in [-0.2, -0.15) is 8.78 Å². The molecule has 2 aromatic rings. The molecule has 8 heteroatoms. The first-order valence-electron chi connectivity index (χ1n) is 9.21. The molecule has 4 rings (SSSR count). The van der Waals surface area contributed by atoms with Crippen molar-refractivity contribution in [1.82, 2.24) is 0 Å². The molecule has 1 aliphatic heterocycles. The fourth-order valence-corrected chi connectivity index (χ4v) is 4.81. The van der Waals surface area contributed by atoms with Gasteiger partial charge in [0.1, 0.15) is 29.8 Å².